The van der Waals surface area contributed by atoms with E-state index < -0.39 is 5.91 Å². The quantitative estimate of drug-likeness (QED) is 0.549. The van der Waals surface area contributed by atoms with Crippen molar-refractivity contribution in [2.45, 2.75) is 18.9 Å². The number of benzene rings is 1. The van der Waals surface area contributed by atoms with Crippen molar-refractivity contribution in [2.24, 2.45) is 11.5 Å². The van der Waals surface area contributed by atoms with Gasteiger partial charge in [0.05, 0.1) is 10.9 Å². The molecule has 8 heteroatoms. The molecule has 0 saturated heterocycles. The van der Waals surface area contributed by atoms with Crippen molar-refractivity contribution >= 4 is 45.0 Å². The van der Waals surface area contributed by atoms with Gasteiger partial charge in [0.2, 0.25) is 5.91 Å². The van der Waals surface area contributed by atoms with Crippen LogP contribution in [0.3, 0.4) is 0 Å². The standard InChI is InChI=1S/C16H13ClN2OS.C2H6N2O/c17-14-8-11-7-13(19-16(11)21-14)15(20)18-12-5-9-3-1-2-4-10(9)6-12;3-1-2(4)5/h1-4,7-8,12,19H,5-6H2,(H,18,20);1,3H2,(H2,4,5). The molecular weight excluding hydrogens is 372 g/mol. The van der Waals surface area contributed by atoms with E-state index in [0.29, 0.717) is 5.69 Å². The van der Waals surface area contributed by atoms with Crippen LogP contribution in [0, 0.1) is 0 Å². The Morgan fingerprint density at radius 2 is 1.85 bits per heavy atom. The highest BCUT2D eigenvalue weighted by Crippen LogP contribution is 2.29. The van der Waals surface area contributed by atoms with Crippen LogP contribution in [0.4, 0.5) is 0 Å². The van der Waals surface area contributed by atoms with E-state index >= 15 is 0 Å². The summed E-state index contributed by atoms with van der Waals surface area (Å²) in [6, 6.07) is 12.3. The van der Waals surface area contributed by atoms with E-state index in [2.05, 4.69) is 28.2 Å². The number of nitrogens with two attached hydrogens (primary N) is 2. The lowest BCUT2D eigenvalue weighted by Crippen LogP contribution is -2.35. The van der Waals surface area contributed by atoms with Gasteiger partial charge in [-0.05, 0) is 36.1 Å². The Morgan fingerprint density at radius 3 is 2.38 bits per heavy atom. The van der Waals surface area contributed by atoms with Gasteiger partial charge in [-0.15, -0.1) is 11.3 Å². The second-order valence-corrected chi connectivity index (χ2v) is 7.72. The number of aromatic amines is 1. The normalized spacial score (nSPS) is 13.2. The van der Waals surface area contributed by atoms with Gasteiger partial charge in [0, 0.05) is 11.4 Å². The molecule has 0 radical (unpaired) electrons. The van der Waals surface area contributed by atoms with Crippen LogP contribution in [0.15, 0.2) is 36.4 Å². The van der Waals surface area contributed by atoms with Crippen LogP contribution in [0.5, 0.6) is 0 Å². The van der Waals surface area contributed by atoms with Crippen LogP contribution in [-0.4, -0.2) is 29.4 Å². The molecule has 0 aliphatic heterocycles. The van der Waals surface area contributed by atoms with Crippen molar-refractivity contribution < 1.29 is 9.59 Å². The largest absolute Gasteiger partial charge is 0.369 e. The van der Waals surface area contributed by atoms with E-state index in [1.807, 2.05) is 24.3 Å². The number of carbonyl (C=O) groups is 2. The van der Waals surface area contributed by atoms with Gasteiger partial charge in [-0.2, -0.15) is 0 Å². The number of hydrogen-bond donors (Lipinski definition) is 4. The van der Waals surface area contributed by atoms with Crippen LogP contribution in [-0.2, 0) is 17.6 Å². The molecule has 3 aromatic rings. The van der Waals surface area contributed by atoms with Crippen LogP contribution >= 0.6 is 22.9 Å². The maximum atomic E-state index is 12.3. The van der Waals surface area contributed by atoms with Gasteiger partial charge in [0.15, 0.2) is 0 Å². The van der Waals surface area contributed by atoms with Gasteiger partial charge >= 0.3 is 0 Å². The summed E-state index contributed by atoms with van der Waals surface area (Å²) in [5.74, 6) is -0.516. The maximum absolute atomic E-state index is 12.3. The molecule has 136 valence electrons. The van der Waals surface area contributed by atoms with Crippen molar-refractivity contribution in [3.63, 3.8) is 0 Å². The van der Waals surface area contributed by atoms with E-state index in [0.717, 1.165) is 27.4 Å². The van der Waals surface area contributed by atoms with E-state index in [9.17, 15) is 9.59 Å². The van der Waals surface area contributed by atoms with Crippen LogP contribution in [0.2, 0.25) is 4.34 Å². The number of rotatable bonds is 3. The molecule has 0 unspecified atom stereocenters. The van der Waals surface area contributed by atoms with Crippen molar-refractivity contribution in [3.05, 3.63) is 57.6 Å². The van der Waals surface area contributed by atoms with Crippen molar-refractivity contribution in [2.75, 3.05) is 6.54 Å². The molecule has 0 bridgehead atoms. The molecule has 26 heavy (non-hydrogen) atoms. The van der Waals surface area contributed by atoms with Gasteiger partial charge in [-0.3, -0.25) is 9.59 Å². The summed E-state index contributed by atoms with van der Waals surface area (Å²) in [5, 5.41) is 4.10. The minimum atomic E-state index is -0.468. The third kappa shape index (κ3) is 4.24. The predicted octanol–water partition coefficient (Wildman–Crippen LogP) is 2.21. The van der Waals surface area contributed by atoms with Crippen LogP contribution in [0.1, 0.15) is 21.6 Å². The molecule has 1 aliphatic rings. The number of fused-ring (bicyclic) bond motifs is 2. The molecule has 6 nitrogen and oxygen atoms in total. The number of nitrogens with one attached hydrogen (secondary N) is 2. The summed E-state index contributed by atoms with van der Waals surface area (Å²) in [5.41, 5.74) is 12.5. The molecule has 0 spiro atoms. The number of primary amides is 1. The Morgan fingerprint density at radius 1 is 1.23 bits per heavy atom. The number of aromatic nitrogens is 1. The summed E-state index contributed by atoms with van der Waals surface area (Å²) in [4.78, 5) is 25.9. The SMILES string of the molecule is NCC(N)=O.O=C(NC1Cc2ccccc2C1)c1cc2cc(Cl)sc2[nH]1. The number of amides is 2. The second-order valence-electron chi connectivity index (χ2n) is 6.04. The molecule has 4 rings (SSSR count). The molecule has 2 heterocycles. The van der Waals surface area contributed by atoms with Gasteiger partial charge in [-0.1, -0.05) is 35.9 Å². The highest BCUT2D eigenvalue weighted by molar-refractivity contribution is 7.22. The zero-order valence-corrected chi connectivity index (χ0v) is 15.5. The molecule has 0 saturated carbocycles. The first-order valence-electron chi connectivity index (χ1n) is 8.10. The molecule has 1 aliphatic carbocycles. The van der Waals surface area contributed by atoms with Gasteiger partial charge in [0.1, 0.15) is 10.5 Å². The van der Waals surface area contributed by atoms with Crippen LogP contribution < -0.4 is 16.8 Å². The molecule has 0 fully saturated rings. The Hall–Kier alpha value is -2.35. The smallest absolute Gasteiger partial charge is 0.267 e. The Kier molecular flexibility index (Phi) is 5.61. The van der Waals surface area contributed by atoms with E-state index in [1.165, 1.54) is 22.5 Å². The minimum absolute atomic E-state index is 0.0488. The van der Waals surface area contributed by atoms with E-state index in [1.54, 1.807) is 0 Å². The Bertz CT molecular complexity index is 893. The lowest BCUT2D eigenvalue weighted by atomic mass is 10.1. The zero-order valence-electron chi connectivity index (χ0n) is 13.9. The number of H-pyrrole nitrogens is 1. The fraction of sp³-hybridized carbons (Fsp3) is 0.222. The fourth-order valence-electron chi connectivity index (χ4n) is 2.94. The molecule has 2 aromatic heterocycles. The topological polar surface area (TPSA) is 114 Å². The van der Waals surface area contributed by atoms with Gasteiger partial charge in [0.25, 0.3) is 5.91 Å². The van der Waals surface area contributed by atoms with Crippen LogP contribution in [0.25, 0.3) is 10.2 Å². The lowest BCUT2D eigenvalue weighted by molar-refractivity contribution is -0.116. The highest BCUT2D eigenvalue weighted by atomic mass is 35.5. The summed E-state index contributed by atoms with van der Waals surface area (Å²) in [7, 11) is 0. The lowest BCUT2D eigenvalue weighted by Gasteiger charge is -2.10. The molecular formula is C18H19ClN4O2S. The average Bonchev–Trinajstić information content (AvgIpc) is 3.26. The highest BCUT2D eigenvalue weighted by Gasteiger charge is 2.23. The Labute approximate surface area is 159 Å². The van der Waals surface area contributed by atoms with Crippen molar-refractivity contribution in [3.8, 4) is 0 Å². The van der Waals surface area contributed by atoms with Gasteiger partial charge < -0.3 is 21.8 Å². The first kappa shape index (κ1) is 18.4. The first-order chi connectivity index (χ1) is 12.5. The van der Waals surface area contributed by atoms with Gasteiger partial charge in [-0.25, -0.2) is 0 Å². The summed E-state index contributed by atoms with van der Waals surface area (Å²) in [6.07, 6.45) is 1.81. The summed E-state index contributed by atoms with van der Waals surface area (Å²) in [6.45, 7) is -0.0556. The van der Waals surface area contributed by atoms with E-state index in [-0.39, 0.29) is 18.5 Å². The molecule has 2 amide bonds. The number of hydrogen-bond acceptors (Lipinski definition) is 4. The third-order valence-electron chi connectivity index (χ3n) is 4.11. The zero-order chi connectivity index (χ0) is 18.7. The first-order valence-corrected chi connectivity index (χ1v) is 9.29. The Balaban J connectivity index is 0.000000349. The third-order valence-corrected chi connectivity index (χ3v) is 5.31. The number of halogens is 1. The summed E-state index contributed by atoms with van der Waals surface area (Å²) < 4.78 is 0.731. The molecule has 6 N–H and O–H groups in total. The minimum Gasteiger partial charge on any atom is -0.369 e. The number of thiophene rings is 1. The second kappa shape index (κ2) is 7.90. The number of carbonyl (C=O) groups excluding carboxylic acids is 2. The summed E-state index contributed by atoms with van der Waals surface area (Å²) >= 11 is 7.40. The van der Waals surface area contributed by atoms with Crippen molar-refractivity contribution in [1.82, 2.24) is 10.3 Å². The molecule has 0 atom stereocenters. The molecule has 1 aromatic carbocycles. The van der Waals surface area contributed by atoms with Crippen molar-refractivity contribution in [1.29, 1.82) is 0 Å². The average molecular weight is 391 g/mol. The predicted molar refractivity (Wildman–Crippen MR) is 105 cm³/mol. The van der Waals surface area contributed by atoms with E-state index in [4.69, 9.17) is 17.3 Å². The fourth-order valence-corrected chi connectivity index (χ4v) is 4.07. The monoisotopic (exact) mass is 390 g/mol. The maximum Gasteiger partial charge on any atom is 0.267 e.